The molecular weight excluding hydrogens is 246 g/mol. The Kier molecular flexibility index (Phi) is 5.06. The summed E-state index contributed by atoms with van der Waals surface area (Å²) in [6, 6.07) is 11.6. The lowest BCUT2D eigenvalue weighted by Crippen LogP contribution is -2.53. The average molecular weight is 273 g/mol. The van der Waals surface area contributed by atoms with Crippen LogP contribution in [0.1, 0.15) is 18.4 Å². The molecule has 2 heterocycles. The smallest absolute Gasteiger partial charge is 0.0262 e. The van der Waals surface area contributed by atoms with Gasteiger partial charge in [0, 0.05) is 38.8 Å². The lowest BCUT2D eigenvalue weighted by molar-refractivity contribution is 0.142. The lowest BCUT2D eigenvalue weighted by atomic mass is 10.0. The van der Waals surface area contributed by atoms with Gasteiger partial charge < -0.3 is 10.2 Å². The predicted octanol–water partition coefficient (Wildman–Crippen LogP) is 1.60. The summed E-state index contributed by atoms with van der Waals surface area (Å²) < 4.78 is 0. The fraction of sp³-hybridized carbons (Fsp3) is 0.647. The Morgan fingerprint density at radius 2 is 1.80 bits per heavy atom. The van der Waals surface area contributed by atoms with Crippen LogP contribution < -0.4 is 5.32 Å². The summed E-state index contributed by atoms with van der Waals surface area (Å²) in [5, 5.41) is 3.56. The van der Waals surface area contributed by atoms with Gasteiger partial charge in [0.25, 0.3) is 0 Å². The van der Waals surface area contributed by atoms with Crippen molar-refractivity contribution >= 4 is 0 Å². The summed E-state index contributed by atoms with van der Waals surface area (Å²) in [4.78, 5) is 5.32. The van der Waals surface area contributed by atoms with Gasteiger partial charge in [-0.25, -0.2) is 0 Å². The van der Waals surface area contributed by atoms with Crippen molar-refractivity contribution in [3.05, 3.63) is 35.9 Å². The first-order valence-corrected chi connectivity index (χ1v) is 8.13. The van der Waals surface area contributed by atoms with Crippen molar-refractivity contribution in [3.63, 3.8) is 0 Å². The lowest BCUT2D eigenvalue weighted by Gasteiger charge is -2.37. The molecule has 2 aliphatic rings. The van der Waals surface area contributed by atoms with Crippen molar-refractivity contribution < 1.29 is 0 Å². The molecule has 2 fully saturated rings. The van der Waals surface area contributed by atoms with Crippen LogP contribution >= 0.6 is 0 Å². The molecule has 1 aromatic carbocycles. The standard InChI is InChI=1S/C17H27N3/c1-2-6-16(7-3-1)14-17-15-18-8-11-20(17)13-12-19-9-4-5-10-19/h1-3,6-7,17-18H,4-5,8-15H2. The number of nitrogens with one attached hydrogen (secondary N) is 1. The van der Waals surface area contributed by atoms with Crippen LogP contribution in [0.5, 0.6) is 0 Å². The second-order valence-corrected chi connectivity index (χ2v) is 6.13. The monoisotopic (exact) mass is 273 g/mol. The molecule has 20 heavy (non-hydrogen) atoms. The Morgan fingerprint density at radius 1 is 1.00 bits per heavy atom. The van der Waals surface area contributed by atoms with Crippen LogP contribution in [0.15, 0.2) is 30.3 Å². The molecule has 110 valence electrons. The third-order valence-electron chi connectivity index (χ3n) is 4.69. The molecule has 0 bridgehead atoms. The SMILES string of the molecule is c1ccc(CC2CNCCN2CCN2CCCC2)cc1. The van der Waals surface area contributed by atoms with E-state index in [-0.39, 0.29) is 0 Å². The third-order valence-corrected chi connectivity index (χ3v) is 4.69. The summed E-state index contributed by atoms with van der Waals surface area (Å²) in [5.74, 6) is 0. The molecule has 3 nitrogen and oxygen atoms in total. The molecule has 0 radical (unpaired) electrons. The molecule has 1 unspecified atom stereocenters. The number of rotatable bonds is 5. The van der Waals surface area contributed by atoms with Gasteiger partial charge in [0.15, 0.2) is 0 Å². The Morgan fingerprint density at radius 3 is 2.60 bits per heavy atom. The van der Waals surface area contributed by atoms with E-state index in [2.05, 4.69) is 45.4 Å². The van der Waals surface area contributed by atoms with Crippen molar-refractivity contribution in [1.29, 1.82) is 0 Å². The van der Waals surface area contributed by atoms with Gasteiger partial charge in [-0.2, -0.15) is 0 Å². The molecule has 0 saturated carbocycles. The highest BCUT2D eigenvalue weighted by Gasteiger charge is 2.23. The topological polar surface area (TPSA) is 18.5 Å². The number of hydrogen-bond donors (Lipinski definition) is 1. The van der Waals surface area contributed by atoms with E-state index < -0.39 is 0 Å². The summed E-state index contributed by atoms with van der Waals surface area (Å²) in [7, 11) is 0. The van der Waals surface area contributed by atoms with Crippen molar-refractivity contribution in [2.75, 3.05) is 45.8 Å². The van der Waals surface area contributed by atoms with Crippen LogP contribution in [0.25, 0.3) is 0 Å². The summed E-state index contributed by atoms with van der Waals surface area (Å²) in [6.07, 6.45) is 3.97. The van der Waals surface area contributed by atoms with Crippen molar-refractivity contribution in [2.24, 2.45) is 0 Å². The Hall–Kier alpha value is -0.900. The fourth-order valence-electron chi connectivity index (χ4n) is 3.46. The van der Waals surface area contributed by atoms with E-state index in [1.54, 1.807) is 0 Å². The minimum atomic E-state index is 0.661. The second kappa shape index (κ2) is 7.21. The van der Waals surface area contributed by atoms with E-state index >= 15 is 0 Å². The number of hydrogen-bond acceptors (Lipinski definition) is 3. The molecule has 3 rings (SSSR count). The third kappa shape index (κ3) is 3.81. The normalized spacial score (nSPS) is 25.1. The van der Waals surface area contributed by atoms with Gasteiger partial charge in [-0.1, -0.05) is 30.3 Å². The van der Waals surface area contributed by atoms with Gasteiger partial charge in [-0.05, 0) is 37.9 Å². The molecule has 3 heteroatoms. The minimum Gasteiger partial charge on any atom is -0.314 e. The largest absolute Gasteiger partial charge is 0.314 e. The minimum absolute atomic E-state index is 0.661. The Balaban J connectivity index is 1.53. The predicted molar refractivity (Wildman–Crippen MR) is 84.1 cm³/mol. The summed E-state index contributed by atoms with van der Waals surface area (Å²) in [5.41, 5.74) is 1.47. The summed E-state index contributed by atoms with van der Waals surface area (Å²) in [6.45, 7) is 8.60. The van der Waals surface area contributed by atoms with Gasteiger partial charge in [0.2, 0.25) is 0 Å². The van der Waals surface area contributed by atoms with Crippen LogP contribution in [0.3, 0.4) is 0 Å². The number of piperazine rings is 1. The zero-order valence-electron chi connectivity index (χ0n) is 12.4. The molecule has 1 N–H and O–H groups in total. The van der Waals surface area contributed by atoms with Crippen LogP contribution in [0.4, 0.5) is 0 Å². The van der Waals surface area contributed by atoms with Crippen LogP contribution in [0, 0.1) is 0 Å². The number of nitrogens with zero attached hydrogens (tertiary/aromatic N) is 2. The molecule has 0 amide bonds. The zero-order valence-corrected chi connectivity index (χ0v) is 12.4. The number of benzene rings is 1. The highest BCUT2D eigenvalue weighted by atomic mass is 15.2. The summed E-state index contributed by atoms with van der Waals surface area (Å²) >= 11 is 0. The van der Waals surface area contributed by atoms with Crippen molar-refractivity contribution in [3.8, 4) is 0 Å². The maximum Gasteiger partial charge on any atom is 0.0262 e. The zero-order chi connectivity index (χ0) is 13.6. The molecule has 2 aliphatic heterocycles. The highest BCUT2D eigenvalue weighted by Crippen LogP contribution is 2.12. The quantitative estimate of drug-likeness (QED) is 0.879. The molecule has 2 saturated heterocycles. The van der Waals surface area contributed by atoms with E-state index in [1.807, 2.05) is 0 Å². The molecule has 1 atom stereocenters. The molecule has 1 aromatic rings. The van der Waals surface area contributed by atoms with Crippen LogP contribution in [-0.2, 0) is 6.42 Å². The van der Waals surface area contributed by atoms with E-state index in [0.717, 1.165) is 13.1 Å². The number of likely N-dealkylation sites (tertiary alicyclic amines) is 1. The second-order valence-electron chi connectivity index (χ2n) is 6.13. The van der Waals surface area contributed by atoms with Gasteiger partial charge in [-0.15, -0.1) is 0 Å². The molecule has 0 aromatic heterocycles. The van der Waals surface area contributed by atoms with Gasteiger partial charge in [0.05, 0.1) is 0 Å². The van der Waals surface area contributed by atoms with E-state index in [0.29, 0.717) is 6.04 Å². The Bertz CT molecular complexity index is 386. The van der Waals surface area contributed by atoms with E-state index in [9.17, 15) is 0 Å². The maximum atomic E-state index is 3.56. The van der Waals surface area contributed by atoms with E-state index in [4.69, 9.17) is 0 Å². The highest BCUT2D eigenvalue weighted by molar-refractivity contribution is 5.16. The Labute approximate surface area is 123 Å². The first-order chi connectivity index (χ1) is 9.92. The van der Waals surface area contributed by atoms with Crippen molar-refractivity contribution in [2.45, 2.75) is 25.3 Å². The average Bonchev–Trinajstić information content (AvgIpc) is 3.01. The van der Waals surface area contributed by atoms with Crippen LogP contribution in [0.2, 0.25) is 0 Å². The molecular formula is C17H27N3. The fourth-order valence-corrected chi connectivity index (χ4v) is 3.46. The first-order valence-electron chi connectivity index (χ1n) is 8.13. The van der Waals surface area contributed by atoms with Crippen LogP contribution in [-0.4, -0.2) is 61.7 Å². The van der Waals surface area contributed by atoms with Gasteiger partial charge in [-0.3, -0.25) is 4.90 Å². The maximum absolute atomic E-state index is 3.56. The van der Waals surface area contributed by atoms with Gasteiger partial charge in [0.1, 0.15) is 0 Å². The molecule has 0 aliphatic carbocycles. The van der Waals surface area contributed by atoms with Crippen molar-refractivity contribution in [1.82, 2.24) is 15.1 Å². The first kappa shape index (κ1) is 14.1. The molecule has 0 spiro atoms. The van der Waals surface area contributed by atoms with Gasteiger partial charge >= 0.3 is 0 Å². The van der Waals surface area contributed by atoms with E-state index in [1.165, 1.54) is 57.5 Å².